The highest BCUT2D eigenvalue weighted by Gasteiger charge is 2.36. The van der Waals surface area contributed by atoms with Gasteiger partial charge in [-0.25, -0.2) is 0 Å². The van der Waals surface area contributed by atoms with E-state index in [0.717, 1.165) is 62.5 Å². The highest BCUT2D eigenvalue weighted by atomic mass is 32.1. The van der Waals surface area contributed by atoms with Gasteiger partial charge in [0.1, 0.15) is 5.00 Å². The average molecular weight is 431 g/mol. The van der Waals surface area contributed by atoms with Crippen LogP contribution in [0.25, 0.3) is 0 Å². The summed E-state index contributed by atoms with van der Waals surface area (Å²) in [6.07, 6.45) is 13.4. The molecule has 1 heterocycles. The summed E-state index contributed by atoms with van der Waals surface area (Å²) in [6.45, 7) is 3.85. The maximum atomic E-state index is 13.1. The molecule has 0 saturated heterocycles. The van der Waals surface area contributed by atoms with Crippen molar-refractivity contribution in [3.05, 3.63) is 28.2 Å². The van der Waals surface area contributed by atoms with Gasteiger partial charge in [0.15, 0.2) is 5.78 Å². The second kappa shape index (κ2) is 10.4. The van der Waals surface area contributed by atoms with Crippen molar-refractivity contribution in [1.29, 1.82) is 0 Å². The molecule has 1 aromatic heterocycles. The van der Waals surface area contributed by atoms with Gasteiger partial charge in [-0.3, -0.25) is 14.4 Å². The van der Waals surface area contributed by atoms with Crippen molar-refractivity contribution in [1.82, 2.24) is 0 Å². The molecule has 3 N–H and O–H groups in total. The number of primary amides is 1. The van der Waals surface area contributed by atoms with Crippen molar-refractivity contribution >= 4 is 33.9 Å². The summed E-state index contributed by atoms with van der Waals surface area (Å²) in [5, 5.41) is 3.70. The molecule has 164 valence electrons. The number of rotatable bonds is 9. The Balaban J connectivity index is 1.85. The zero-order valence-electron chi connectivity index (χ0n) is 18.2. The van der Waals surface area contributed by atoms with Gasteiger partial charge in [0.25, 0.3) is 0 Å². The Labute approximate surface area is 183 Å². The minimum Gasteiger partial charge on any atom is -0.369 e. The molecule has 3 atom stereocenters. The number of hydrogen-bond donors (Lipinski definition) is 2. The van der Waals surface area contributed by atoms with E-state index in [-0.39, 0.29) is 17.6 Å². The van der Waals surface area contributed by atoms with Crippen LogP contribution >= 0.6 is 11.3 Å². The highest BCUT2D eigenvalue weighted by Crippen LogP contribution is 2.39. The first-order valence-electron chi connectivity index (χ1n) is 11.4. The highest BCUT2D eigenvalue weighted by molar-refractivity contribution is 7.17. The summed E-state index contributed by atoms with van der Waals surface area (Å²) in [5.41, 5.74) is 7.54. The summed E-state index contributed by atoms with van der Waals surface area (Å²) in [7, 11) is 0. The van der Waals surface area contributed by atoms with E-state index in [9.17, 15) is 14.4 Å². The largest absolute Gasteiger partial charge is 0.369 e. The summed E-state index contributed by atoms with van der Waals surface area (Å²) in [4.78, 5) is 39.6. The molecule has 2 aliphatic carbocycles. The summed E-state index contributed by atoms with van der Waals surface area (Å²) in [6, 6.07) is 0. The van der Waals surface area contributed by atoms with E-state index >= 15 is 0 Å². The lowest BCUT2D eigenvalue weighted by Crippen LogP contribution is -2.39. The number of aryl methyl sites for hydroxylation is 1. The van der Waals surface area contributed by atoms with E-state index in [1.165, 1.54) is 11.3 Å². The molecular weight excluding hydrogens is 396 g/mol. The van der Waals surface area contributed by atoms with Crippen LogP contribution < -0.4 is 11.1 Å². The maximum absolute atomic E-state index is 13.1. The minimum atomic E-state index is -0.546. The Bertz CT molecular complexity index is 827. The molecule has 0 bridgehead atoms. The molecule has 0 radical (unpaired) electrons. The number of hydrogen-bond acceptors (Lipinski definition) is 4. The molecule has 1 aromatic rings. The number of fused-ring (bicyclic) bond motifs is 1. The quantitative estimate of drug-likeness (QED) is 0.327. The van der Waals surface area contributed by atoms with E-state index in [0.29, 0.717) is 11.4 Å². The minimum absolute atomic E-state index is 0.00830. The zero-order chi connectivity index (χ0) is 21.7. The van der Waals surface area contributed by atoms with Gasteiger partial charge in [-0.05, 0) is 56.4 Å². The maximum Gasteiger partial charge on any atom is 0.228 e. The summed E-state index contributed by atoms with van der Waals surface area (Å²) >= 11 is 1.55. The third-order valence-electron chi connectivity index (χ3n) is 6.49. The van der Waals surface area contributed by atoms with Gasteiger partial charge >= 0.3 is 0 Å². The lowest BCUT2D eigenvalue weighted by molar-refractivity contribution is -0.131. The van der Waals surface area contributed by atoms with Gasteiger partial charge < -0.3 is 11.1 Å². The first-order chi connectivity index (χ1) is 14.4. The number of amides is 2. The van der Waals surface area contributed by atoms with Crippen molar-refractivity contribution in [2.24, 2.45) is 23.5 Å². The van der Waals surface area contributed by atoms with Crippen LogP contribution in [0.4, 0.5) is 5.00 Å². The lowest BCUT2D eigenvalue weighted by Gasteiger charge is -2.25. The fourth-order valence-corrected chi connectivity index (χ4v) is 6.07. The first kappa shape index (κ1) is 22.7. The number of carbonyl (C=O) groups excluding carboxylic acids is 3. The van der Waals surface area contributed by atoms with Gasteiger partial charge in [-0.2, -0.15) is 0 Å². The van der Waals surface area contributed by atoms with E-state index in [1.807, 2.05) is 12.2 Å². The smallest absolute Gasteiger partial charge is 0.228 e. The number of anilines is 1. The van der Waals surface area contributed by atoms with Crippen LogP contribution in [0.3, 0.4) is 0 Å². The predicted molar refractivity (Wildman–Crippen MR) is 122 cm³/mol. The fraction of sp³-hybridized carbons (Fsp3) is 0.625. The average Bonchev–Trinajstić information content (AvgIpc) is 3.28. The molecule has 30 heavy (non-hydrogen) atoms. The van der Waals surface area contributed by atoms with E-state index in [4.69, 9.17) is 5.73 Å². The first-order valence-corrected chi connectivity index (χ1v) is 12.2. The van der Waals surface area contributed by atoms with Crippen LogP contribution in [0.2, 0.25) is 0 Å². The molecular formula is C24H34N2O3S. The Kier molecular flexibility index (Phi) is 7.87. The van der Waals surface area contributed by atoms with Crippen molar-refractivity contribution in [3.8, 4) is 0 Å². The van der Waals surface area contributed by atoms with Crippen LogP contribution in [0, 0.1) is 17.8 Å². The molecule has 2 aliphatic rings. The van der Waals surface area contributed by atoms with E-state index < -0.39 is 17.7 Å². The molecule has 0 aliphatic heterocycles. The second-order valence-corrected chi connectivity index (χ2v) is 9.78. The van der Waals surface area contributed by atoms with E-state index in [2.05, 4.69) is 12.2 Å². The van der Waals surface area contributed by atoms with E-state index in [1.54, 1.807) is 18.3 Å². The Hall–Kier alpha value is -1.95. The SMILES string of the molecule is CCCCC(=O)c1c(NC(=O)C(C)C(C(N)=O)C2C=CCC2)sc2c1CCCCC2. The lowest BCUT2D eigenvalue weighted by atomic mass is 9.81. The van der Waals surface area contributed by atoms with Gasteiger partial charge in [0, 0.05) is 17.2 Å². The van der Waals surface area contributed by atoms with Crippen molar-refractivity contribution < 1.29 is 14.4 Å². The third-order valence-corrected chi connectivity index (χ3v) is 7.69. The molecule has 5 nitrogen and oxygen atoms in total. The van der Waals surface area contributed by atoms with Crippen molar-refractivity contribution in [3.63, 3.8) is 0 Å². The number of thiophene rings is 1. The molecule has 2 amide bonds. The van der Waals surface area contributed by atoms with Crippen LogP contribution in [0.1, 0.15) is 86.0 Å². The molecule has 3 unspecified atom stereocenters. The normalized spacial score (nSPS) is 20.3. The number of nitrogens with two attached hydrogens (primary N) is 1. The molecule has 6 heteroatoms. The molecule has 0 aromatic carbocycles. The van der Waals surface area contributed by atoms with Crippen LogP contribution in [-0.2, 0) is 22.4 Å². The number of allylic oxidation sites excluding steroid dienone is 2. The second-order valence-electron chi connectivity index (χ2n) is 8.67. The van der Waals surface area contributed by atoms with Crippen molar-refractivity contribution in [2.75, 3.05) is 5.32 Å². The van der Waals surface area contributed by atoms with Crippen LogP contribution in [0.15, 0.2) is 12.2 Å². The van der Waals surface area contributed by atoms with Crippen molar-refractivity contribution in [2.45, 2.75) is 78.1 Å². The van der Waals surface area contributed by atoms with Crippen LogP contribution in [-0.4, -0.2) is 17.6 Å². The topological polar surface area (TPSA) is 89.3 Å². The van der Waals surface area contributed by atoms with Gasteiger partial charge in [-0.1, -0.05) is 38.8 Å². The number of Topliss-reactive ketones (excluding diaryl/α,β-unsaturated/α-hetero) is 1. The number of nitrogens with one attached hydrogen (secondary N) is 1. The molecule has 0 spiro atoms. The van der Waals surface area contributed by atoms with Crippen LogP contribution in [0.5, 0.6) is 0 Å². The number of unbranched alkanes of at least 4 members (excludes halogenated alkanes) is 1. The third kappa shape index (κ3) is 5.02. The Morgan fingerprint density at radius 1 is 1.23 bits per heavy atom. The summed E-state index contributed by atoms with van der Waals surface area (Å²) < 4.78 is 0. The molecule has 0 fully saturated rings. The fourth-order valence-electron chi connectivity index (χ4n) is 4.76. The monoisotopic (exact) mass is 430 g/mol. The Morgan fingerprint density at radius 2 is 2.00 bits per heavy atom. The predicted octanol–water partition coefficient (Wildman–Crippen LogP) is 5.03. The Morgan fingerprint density at radius 3 is 2.67 bits per heavy atom. The molecule has 0 saturated carbocycles. The number of carbonyl (C=O) groups is 3. The van der Waals surface area contributed by atoms with Gasteiger partial charge in [0.2, 0.25) is 11.8 Å². The zero-order valence-corrected chi connectivity index (χ0v) is 19.0. The van der Waals surface area contributed by atoms with Gasteiger partial charge in [0.05, 0.1) is 11.5 Å². The van der Waals surface area contributed by atoms with Gasteiger partial charge in [-0.15, -0.1) is 11.3 Å². The molecule has 3 rings (SSSR count). The number of ketones is 1. The summed E-state index contributed by atoms with van der Waals surface area (Å²) in [5.74, 6) is -1.59. The standard InChI is InChI=1S/C24H34N2O3S/c1-3-4-13-18(27)21-17-12-6-5-7-14-19(17)30-24(21)26-23(29)15(2)20(22(25)28)16-10-8-9-11-16/h8,10,15-16,20H,3-7,9,11-14H2,1-2H3,(H2,25,28)(H,26,29).